The van der Waals surface area contributed by atoms with Crippen molar-refractivity contribution in [3.05, 3.63) is 47.8 Å². The van der Waals surface area contributed by atoms with Crippen molar-refractivity contribution in [3.8, 4) is 6.07 Å². The van der Waals surface area contributed by atoms with Crippen molar-refractivity contribution in [1.29, 1.82) is 5.26 Å². The molecule has 0 saturated carbocycles. The first-order chi connectivity index (χ1) is 12.0. The van der Waals surface area contributed by atoms with Gasteiger partial charge < -0.3 is 0 Å². The lowest BCUT2D eigenvalue weighted by Crippen LogP contribution is -2.41. The van der Waals surface area contributed by atoms with E-state index in [1.54, 1.807) is 11.0 Å². The molecule has 1 aromatic carbocycles. The van der Waals surface area contributed by atoms with Crippen LogP contribution >= 0.6 is 0 Å². The van der Waals surface area contributed by atoms with Crippen molar-refractivity contribution in [1.82, 2.24) is 19.1 Å². The van der Waals surface area contributed by atoms with Gasteiger partial charge in [0.15, 0.2) is 0 Å². The van der Waals surface area contributed by atoms with Crippen molar-refractivity contribution >= 4 is 10.0 Å². The Hall–Kier alpha value is -2.31. The molecule has 1 aliphatic rings. The van der Waals surface area contributed by atoms with E-state index in [-0.39, 0.29) is 17.0 Å². The number of hydrogen-bond donors (Lipinski definition) is 0. The normalized spacial score (nSPS) is 18.8. The molecule has 0 spiro atoms. The summed E-state index contributed by atoms with van der Waals surface area (Å²) in [6.45, 7) is 1.40. The number of benzene rings is 1. The van der Waals surface area contributed by atoms with Gasteiger partial charge in [-0.1, -0.05) is 0 Å². The maximum Gasteiger partial charge on any atom is 0.218 e. The monoisotopic (exact) mass is 363 g/mol. The van der Waals surface area contributed by atoms with E-state index >= 15 is 0 Å². The molecule has 2 heterocycles. The van der Waals surface area contributed by atoms with Gasteiger partial charge >= 0.3 is 0 Å². The predicted molar refractivity (Wildman–Crippen MR) is 88.1 cm³/mol. The molecule has 25 heavy (non-hydrogen) atoms. The summed E-state index contributed by atoms with van der Waals surface area (Å²) in [6, 6.07) is 5.66. The number of halogens is 1. The molecule has 1 aromatic heterocycles. The third-order valence-electron chi connectivity index (χ3n) is 4.30. The number of nitrogens with zero attached hydrogens (tertiary/aromatic N) is 5. The summed E-state index contributed by atoms with van der Waals surface area (Å²) in [5.41, 5.74) is 0.270. The van der Waals surface area contributed by atoms with Crippen LogP contribution in [0.3, 0.4) is 0 Å². The molecule has 3 rings (SSSR count). The van der Waals surface area contributed by atoms with Crippen LogP contribution in [0.15, 0.2) is 30.9 Å². The molecule has 1 atom stereocenters. The van der Waals surface area contributed by atoms with E-state index in [1.165, 1.54) is 22.8 Å². The first-order valence-corrected chi connectivity index (χ1v) is 9.57. The summed E-state index contributed by atoms with van der Waals surface area (Å²) in [7, 11) is -3.66. The Morgan fingerprint density at radius 2 is 2.24 bits per heavy atom. The molecule has 9 heteroatoms. The molecule has 0 aliphatic carbocycles. The maximum atomic E-state index is 13.9. The van der Waals surface area contributed by atoms with Crippen molar-refractivity contribution in [2.45, 2.75) is 25.1 Å². The van der Waals surface area contributed by atoms with Gasteiger partial charge in [-0.2, -0.15) is 10.4 Å². The summed E-state index contributed by atoms with van der Waals surface area (Å²) in [4.78, 5) is 3.89. The van der Waals surface area contributed by atoms with Crippen molar-refractivity contribution in [2.24, 2.45) is 5.92 Å². The highest BCUT2D eigenvalue weighted by atomic mass is 32.2. The highest BCUT2D eigenvalue weighted by molar-refractivity contribution is 7.88. The Morgan fingerprint density at radius 1 is 1.40 bits per heavy atom. The molecular formula is C16H18FN5O2S. The summed E-state index contributed by atoms with van der Waals surface area (Å²) >= 11 is 0. The Kier molecular flexibility index (Phi) is 5.11. The number of aromatic nitrogens is 3. The molecule has 0 amide bonds. The maximum absolute atomic E-state index is 13.9. The summed E-state index contributed by atoms with van der Waals surface area (Å²) in [6.07, 6.45) is 4.71. The lowest BCUT2D eigenvalue weighted by atomic mass is 10.00. The van der Waals surface area contributed by atoms with Crippen LogP contribution < -0.4 is 0 Å². The molecule has 0 radical (unpaired) electrons. The molecule has 7 nitrogen and oxygen atoms in total. The summed E-state index contributed by atoms with van der Waals surface area (Å²) in [5.74, 6) is -0.913. The Morgan fingerprint density at radius 3 is 2.96 bits per heavy atom. The number of rotatable bonds is 5. The van der Waals surface area contributed by atoms with E-state index in [0.29, 0.717) is 19.6 Å². The van der Waals surface area contributed by atoms with E-state index in [9.17, 15) is 12.8 Å². The van der Waals surface area contributed by atoms with Gasteiger partial charge in [0.25, 0.3) is 0 Å². The largest absolute Gasteiger partial charge is 0.253 e. The second-order valence-electron chi connectivity index (χ2n) is 6.16. The van der Waals surface area contributed by atoms with Gasteiger partial charge in [0.05, 0.1) is 17.4 Å². The number of piperidine rings is 1. The minimum atomic E-state index is -3.66. The quantitative estimate of drug-likeness (QED) is 0.803. The fourth-order valence-corrected chi connectivity index (χ4v) is 4.70. The zero-order valence-corrected chi connectivity index (χ0v) is 14.4. The lowest BCUT2D eigenvalue weighted by molar-refractivity contribution is 0.239. The highest BCUT2D eigenvalue weighted by Crippen LogP contribution is 2.23. The molecule has 1 fully saturated rings. The second-order valence-corrected chi connectivity index (χ2v) is 8.13. The minimum absolute atomic E-state index is 0.0254. The van der Waals surface area contributed by atoms with Crippen molar-refractivity contribution in [3.63, 3.8) is 0 Å². The predicted octanol–water partition coefficient (Wildman–Crippen LogP) is 1.53. The van der Waals surface area contributed by atoms with E-state index in [4.69, 9.17) is 5.26 Å². The molecule has 1 unspecified atom stereocenters. The van der Waals surface area contributed by atoms with Crippen LogP contribution in [0.1, 0.15) is 24.0 Å². The smallest absolute Gasteiger partial charge is 0.218 e. The molecule has 0 N–H and O–H groups in total. The average molecular weight is 363 g/mol. The Labute approximate surface area is 145 Å². The van der Waals surface area contributed by atoms with Gasteiger partial charge in [-0.15, -0.1) is 0 Å². The zero-order valence-electron chi connectivity index (χ0n) is 13.5. The molecule has 2 aromatic rings. The van der Waals surface area contributed by atoms with E-state index in [2.05, 4.69) is 10.1 Å². The minimum Gasteiger partial charge on any atom is -0.253 e. The van der Waals surface area contributed by atoms with Crippen LogP contribution in [0.5, 0.6) is 0 Å². The van der Waals surface area contributed by atoms with Crippen LogP contribution in [0.25, 0.3) is 0 Å². The summed E-state index contributed by atoms with van der Waals surface area (Å²) < 4.78 is 42.4. The first kappa shape index (κ1) is 17.5. The summed E-state index contributed by atoms with van der Waals surface area (Å²) in [5, 5.41) is 13.0. The van der Waals surface area contributed by atoms with Crippen LogP contribution in [0.2, 0.25) is 0 Å². The number of hydrogen-bond acceptors (Lipinski definition) is 5. The van der Waals surface area contributed by atoms with Crippen LogP contribution in [0, 0.1) is 23.1 Å². The second kappa shape index (κ2) is 7.29. The zero-order chi connectivity index (χ0) is 17.9. The van der Waals surface area contributed by atoms with Gasteiger partial charge in [-0.25, -0.2) is 22.1 Å². The van der Waals surface area contributed by atoms with Gasteiger partial charge in [-0.05, 0) is 37.0 Å². The van der Waals surface area contributed by atoms with Gasteiger partial charge in [0.2, 0.25) is 10.0 Å². The van der Waals surface area contributed by atoms with E-state index in [0.717, 1.165) is 18.9 Å². The topological polar surface area (TPSA) is 91.9 Å². The fraction of sp³-hybridized carbons (Fsp3) is 0.438. The third kappa shape index (κ3) is 4.21. The van der Waals surface area contributed by atoms with Gasteiger partial charge in [0.1, 0.15) is 18.5 Å². The fourth-order valence-electron chi connectivity index (χ4n) is 3.06. The molecule has 1 aliphatic heterocycles. The van der Waals surface area contributed by atoms with Gasteiger partial charge in [-0.3, -0.25) is 4.68 Å². The SMILES string of the molecule is N#Cc1ccc(F)c(CS(=O)(=O)N2CCCC(Cn3cncn3)C2)c1. The van der Waals surface area contributed by atoms with E-state index in [1.807, 2.05) is 6.07 Å². The number of sulfonamides is 1. The van der Waals surface area contributed by atoms with Crippen LogP contribution in [0.4, 0.5) is 4.39 Å². The Balaban J connectivity index is 1.72. The van der Waals surface area contributed by atoms with E-state index < -0.39 is 21.6 Å². The van der Waals surface area contributed by atoms with Crippen molar-refractivity contribution < 1.29 is 12.8 Å². The third-order valence-corrected chi connectivity index (χ3v) is 6.09. The molecular weight excluding hydrogens is 345 g/mol. The highest BCUT2D eigenvalue weighted by Gasteiger charge is 2.30. The lowest BCUT2D eigenvalue weighted by Gasteiger charge is -2.31. The first-order valence-electron chi connectivity index (χ1n) is 7.96. The number of nitriles is 1. The molecule has 132 valence electrons. The van der Waals surface area contributed by atoms with Crippen LogP contribution in [-0.4, -0.2) is 40.6 Å². The van der Waals surface area contributed by atoms with Crippen molar-refractivity contribution in [2.75, 3.05) is 13.1 Å². The van der Waals surface area contributed by atoms with Crippen LogP contribution in [-0.2, 0) is 22.3 Å². The standard InChI is InChI=1S/C16H18FN5O2S/c17-16-4-3-13(7-18)6-15(16)10-25(23,24)22-5-1-2-14(9-22)8-21-12-19-11-20-21/h3-4,6,11-12,14H,1-2,5,8-10H2. The Bertz CT molecular complexity index is 876. The van der Waals surface area contributed by atoms with Gasteiger partial charge in [0, 0.05) is 25.2 Å². The molecule has 1 saturated heterocycles. The molecule has 0 bridgehead atoms. The average Bonchev–Trinajstić information content (AvgIpc) is 3.10.